The molecule has 2 aromatic carbocycles. The number of ketones is 2. The molecule has 4 heterocycles. The van der Waals surface area contributed by atoms with Crippen molar-refractivity contribution in [3.8, 4) is 0 Å². The summed E-state index contributed by atoms with van der Waals surface area (Å²) in [6, 6.07) is 4.92. The molecule has 0 radical (unpaired) electrons. The van der Waals surface area contributed by atoms with Gasteiger partial charge in [0.25, 0.3) is 0 Å². The molecule has 3 atom stereocenters. The molecule has 18 heteroatoms. The predicted octanol–water partition coefficient (Wildman–Crippen LogP) is 9.28. The van der Waals surface area contributed by atoms with Gasteiger partial charge in [-0.3, -0.25) is 19.4 Å². The van der Waals surface area contributed by atoms with Crippen molar-refractivity contribution in [1.29, 1.82) is 0 Å². The number of nitrogens with one attached hydrogen (secondary N) is 3. The number of hydrogen-bond donors (Lipinski definition) is 3. The third-order valence-corrected chi connectivity index (χ3v) is 10.9. The number of rotatable bonds is 4. The van der Waals surface area contributed by atoms with Gasteiger partial charge in [0.05, 0.1) is 5.92 Å². The highest BCUT2D eigenvalue weighted by atomic mass is 19.4. The van der Waals surface area contributed by atoms with Crippen LogP contribution in [0.5, 0.6) is 0 Å². The van der Waals surface area contributed by atoms with Crippen molar-refractivity contribution in [3.05, 3.63) is 116 Å². The van der Waals surface area contributed by atoms with Crippen molar-refractivity contribution < 1.29 is 53.5 Å². The summed E-state index contributed by atoms with van der Waals surface area (Å²) in [5.74, 6) is -10.5. The Morgan fingerprint density at radius 3 is 2.02 bits per heavy atom. The van der Waals surface area contributed by atoms with Gasteiger partial charge in [0, 0.05) is 70.1 Å². The summed E-state index contributed by atoms with van der Waals surface area (Å²) in [6.45, 7) is 4.31. The molecule has 0 fully saturated rings. The van der Waals surface area contributed by atoms with E-state index in [1.54, 1.807) is 13.8 Å². The van der Waals surface area contributed by atoms with Crippen molar-refractivity contribution in [3.63, 3.8) is 0 Å². The molecule has 0 bridgehead atoms. The summed E-state index contributed by atoms with van der Waals surface area (Å²) < 4.78 is 150. The number of Topliss-reactive ketones (excluding diaryl/α,β-unsaturated/α-hetero) is 2. The number of carbonyl (C=O) groups is 2. The number of alkyl halides is 6. The molecule has 0 spiro atoms. The number of nitrogens with zero attached hydrogens (tertiary/aromatic N) is 3. The second kappa shape index (κ2) is 12.3. The van der Waals surface area contributed by atoms with E-state index in [4.69, 9.17) is 0 Å². The maximum Gasteiger partial charge on any atom is 0.433 e. The van der Waals surface area contributed by atoms with Crippen LogP contribution < -0.4 is 10.6 Å². The van der Waals surface area contributed by atoms with Crippen LogP contribution in [0, 0.1) is 34.1 Å². The van der Waals surface area contributed by atoms with Gasteiger partial charge in [-0.05, 0) is 54.0 Å². The van der Waals surface area contributed by atoms with Crippen LogP contribution in [-0.4, -0.2) is 31.5 Å². The molecule has 0 saturated carbocycles. The minimum absolute atomic E-state index is 0.0870. The summed E-state index contributed by atoms with van der Waals surface area (Å²) in [5, 5.41) is 15.3. The lowest BCUT2D eigenvalue weighted by atomic mass is 9.68. The van der Waals surface area contributed by atoms with E-state index in [2.05, 4.69) is 20.8 Å². The van der Waals surface area contributed by atoms with Crippen LogP contribution in [0.2, 0.25) is 0 Å². The van der Waals surface area contributed by atoms with E-state index in [1.807, 2.05) is 5.10 Å². The fraction of sp³-hybridized carbons (Fsp3) is 0.368. The van der Waals surface area contributed by atoms with Gasteiger partial charge in [0.1, 0.15) is 34.7 Å². The zero-order valence-corrected chi connectivity index (χ0v) is 29.6. The number of carbonyl (C=O) groups excluding carboxylic acids is 2. The van der Waals surface area contributed by atoms with Crippen LogP contribution in [0.25, 0.3) is 0 Å². The highest BCUT2D eigenvalue weighted by Gasteiger charge is 2.52. The Labute approximate surface area is 311 Å². The van der Waals surface area contributed by atoms with Gasteiger partial charge in [-0.15, -0.1) is 0 Å². The van der Waals surface area contributed by atoms with Gasteiger partial charge in [0.2, 0.25) is 0 Å². The topological polar surface area (TPSA) is 105 Å². The van der Waals surface area contributed by atoms with Crippen molar-refractivity contribution in [2.45, 2.75) is 77.2 Å². The van der Waals surface area contributed by atoms with Gasteiger partial charge in [-0.2, -0.15) is 36.5 Å². The van der Waals surface area contributed by atoms with Gasteiger partial charge in [-0.25, -0.2) is 17.6 Å². The summed E-state index contributed by atoms with van der Waals surface area (Å²) in [6.07, 6.45) is -11.2. The van der Waals surface area contributed by atoms with E-state index in [0.29, 0.717) is 4.68 Å². The molecular weight excluding hydrogens is 762 g/mol. The summed E-state index contributed by atoms with van der Waals surface area (Å²) in [7, 11) is 0. The quantitative estimate of drug-likeness (QED) is 0.178. The van der Waals surface area contributed by atoms with Crippen LogP contribution in [0.4, 0.5) is 55.5 Å². The van der Waals surface area contributed by atoms with Gasteiger partial charge >= 0.3 is 12.4 Å². The summed E-state index contributed by atoms with van der Waals surface area (Å²) in [4.78, 5) is 27.8. The Morgan fingerprint density at radius 1 is 0.732 bits per heavy atom. The fourth-order valence-corrected chi connectivity index (χ4v) is 8.83. The van der Waals surface area contributed by atoms with Crippen LogP contribution in [0.15, 0.2) is 58.9 Å². The highest BCUT2D eigenvalue weighted by Crippen LogP contribution is 2.55. The normalized spacial score (nSPS) is 23.3. The maximum atomic E-state index is 15.5. The Hall–Kier alpha value is -5.42. The first kappa shape index (κ1) is 37.5. The Balaban J connectivity index is 1.26. The molecular formula is C38H30F10N6O2. The lowest BCUT2D eigenvalue weighted by molar-refractivity contribution is -0.146. The zero-order valence-electron chi connectivity index (χ0n) is 29.6. The van der Waals surface area contributed by atoms with E-state index in [-0.39, 0.29) is 42.0 Å². The molecule has 2 aliphatic heterocycles. The molecule has 2 aromatic heterocycles. The van der Waals surface area contributed by atoms with Crippen molar-refractivity contribution in [1.82, 2.24) is 20.0 Å². The molecule has 8 rings (SSSR count). The standard InChI is InChI=1S/C38H30F10N6O2/c1-35(2)10-20-26(22(55)12-35)24(16-9-15(39)7-8-17(16)40)30-32(38(46,47)48)54(53-34(30)50-20)14-36(3)11-21-27(23(56)13-36)28(25-18(41)5-4-6-19(25)42)29-31(37(43,44)45)51-52-33(29)49-21/h4-9,24,28H,10-14H2,1-3H3,(H,50,53)(H2,49,51,52). The molecule has 4 aliphatic rings. The second-order valence-corrected chi connectivity index (χ2v) is 15.9. The fourth-order valence-electron chi connectivity index (χ4n) is 8.83. The first-order valence-corrected chi connectivity index (χ1v) is 17.4. The lowest BCUT2D eigenvalue weighted by Gasteiger charge is -2.40. The number of anilines is 2. The predicted molar refractivity (Wildman–Crippen MR) is 179 cm³/mol. The number of aromatic amines is 1. The zero-order chi connectivity index (χ0) is 40.4. The number of hydrogen-bond acceptors (Lipinski definition) is 6. The number of fused-ring (bicyclic) bond motifs is 2. The lowest BCUT2D eigenvalue weighted by Crippen LogP contribution is -2.39. The number of halogens is 10. The smallest absolute Gasteiger partial charge is 0.342 e. The first-order valence-electron chi connectivity index (χ1n) is 17.4. The summed E-state index contributed by atoms with van der Waals surface area (Å²) >= 11 is 0. The monoisotopic (exact) mass is 792 g/mol. The average Bonchev–Trinajstić information content (AvgIpc) is 3.65. The maximum absolute atomic E-state index is 15.5. The van der Waals surface area contributed by atoms with E-state index in [9.17, 15) is 27.2 Å². The molecule has 0 saturated heterocycles. The van der Waals surface area contributed by atoms with E-state index in [1.165, 1.54) is 6.92 Å². The average molecular weight is 793 g/mol. The van der Waals surface area contributed by atoms with Gasteiger partial charge in [0.15, 0.2) is 23.2 Å². The minimum Gasteiger partial charge on any atom is -0.342 e. The van der Waals surface area contributed by atoms with Crippen molar-refractivity contribution >= 4 is 23.2 Å². The van der Waals surface area contributed by atoms with Crippen molar-refractivity contribution in [2.75, 3.05) is 10.6 Å². The van der Waals surface area contributed by atoms with Crippen LogP contribution in [0.3, 0.4) is 0 Å². The molecule has 0 amide bonds. The van der Waals surface area contributed by atoms with E-state index in [0.717, 1.165) is 36.4 Å². The molecule has 3 N–H and O–H groups in total. The third-order valence-electron chi connectivity index (χ3n) is 10.9. The Kier molecular flexibility index (Phi) is 8.23. The number of benzene rings is 2. The molecule has 2 aliphatic carbocycles. The van der Waals surface area contributed by atoms with E-state index >= 15 is 26.3 Å². The molecule has 56 heavy (non-hydrogen) atoms. The Bertz CT molecular complexity index is 2420. The van der Waals surface area contributed by atoms with Gasteiger partial charge in [-0.1, -0.05) is 26.8 Å². The highest BCUT2D eigenvalue weighted by molar-refractivity contribution is 6.02. The molecule has 3 unspecified atom stereocenters. The minimum atomic E-state index is -5.21. The van der Waals surface area contributed by atoms with Crippen LogP contribution >= 0.6 is 0 Å². The van der Waals surface area contributed by atoms with Crippen LogP contribution in [0.1, 0.15) is 91.9 Å². The number of H-pyrrole nitrogens is 1. The van der Waals surface area contributed by atoms with E-state index < -0.39 is 128 Å². The number of aromatic nitrogens is 4. The number of allylic oxidation sites excluding steroid dienone is 4. The summed E-state index contributed by atoms with van der Waals surface area (Å²) in [5.41, 5.74) is -8.20. The molecule has 294 valence electrons. The largest absolute Gasteiger partial charge is 0.433 e. The van der Waals surface area contributed by atoms with Crippen LogP contribution in [-0.2, 0) is 28.5 Å². The van der Waals surface area contributed by atoms with Crippen molar-refractivity contribution in [2.24, 2.45) is 10.8 Å². The first-order chi connectivity index (χ1) is 26.1. The Morgan fingerprint density at radius 2 is 1.36 bits per heavy atom. The SMILES string of the molecule is CC1(C)CC(=O)C2=C(C1)Nc1nn(CC3(C)CC(=O)C4=C(C3)Nc3n[nH]c(C(F)(F)F)c3C4c3c(F)cccc3F)c(C(F)(F)F)c1C2c1cc(F)ccc1F. The van der Waals surface area contributed by atoms with Gasteiger partial charge < -0.3 is 10.6 Å². The molecule has 8 nitrogen and oxygen atoms in total. The molecule has 4 aromatic rings. The second-order valence-electron chi connectivity index (χ2n) is 15.9. The third kappa shape index (κ3) is 5.98.